The van der Waals surface area contributed by atoms with E-state index in [0.717, 1.165) is 4.57 Å². The molecule has 0 aliphatic heterocycles. The van der Waals surface area contributed by atoms with Crippen molar-refractivity contribution in [1.82, 2.24) is 0 Å². The van der Waals surface area contributed by atoms with Crippen LogP contribution in [0.2, 0.25) is 5.02 Å². The molecule has 1 aromatic heterocycles. The highest BCUT2D eigenvalue weighted by atomic mass is 35.5. The third-order valence-electron chi connectivity index (χ3n) is 0.975. The van der Waals surface area contributed by atoms with Crippen LogP contribution in [0, 0.1) is 0 Å². The maximum absolute atomic E-state index is 10.1. The minimum atomic E-state index is -1.29. The van der Waals surface area contributed by atoms with Crippen molar-refractivity contribution in [1.29, 1.82) is 0 Å². The Labute approximate surface area is 62.5 Å². The van der Waals surface area contributed by atoms with Crippen LogP contribution in [0.15, 0.2) is 24.5 Å². The number of hydrogen-bond donors (Lipinski definition) is 0. The fourth-order valence-electron chi connectivity index (χ4n) is 0.560. The Kier molecular flexibility index (Phi) is 1.87. The van der Waals surface area contributed by atoms with Crippen LogP contribution in [-0.2, 0) is 0 Å². The van der Waals surface area contributed by atoms with E-state index in [9.17, 15) is 9.90 Å². The van der Waals surface area contributed by atoms with E-state index in [2.05, 4.69) is 0 Å². The number of halogens is 1. The van der Waals surface area contributed by atoms with Gasteiger partial charge in [0.25, 0.3) is 0 Å². The highest BCUT2D eigenvalue weighted by molar-refractivity contribution is 6.30. The molecule has 0 aromatic carbocycles. The maximum Gasteiger partial charge on any atom is 0.343 e. The van der Waals surface area contributed by atoms with Crippen molar-refractivity contribution in [3.8, 4) is 0 Å². The summed E-state index contributed by atoms with van der Waals surface area (Å²) >= 11 is 5.48. The van der Waals surface area contributed by atoms with Gasteiger partial charge in [-0.2, -0.15) is 0 Å². The normalized spacial score (nSPS) is 9.30. The van der Waals surface area contributed by atoms with Crippen LogP contribution in [0.25, 0.3) is 0 Å². The molecular weight excluding hydrogens is 154 g/mol. The van der Waals surface area contributed by atoms with Crippen molar-refractivity contribution >= 4 is 17.7 Å². The molecule has 0 aliphatic rings. The van der Waals surface area contributed by atoms with Gasteiger partial charge in [-0.05, 0) is 6.07 Å². The first kappa shape index (κ1) is 7.02. The second kappa shape index (κ2) is 2.66. The van der Waals surface area contributed by atoms with E-state index in [0.29, 0.717) is 5.02 Å². The molecule has 0 saturated carbocycles. The Bertz CT molecular complexity index is 262. The second-order valence-corrected chi connectivity index (χ2v) is 2.13. The molecule has 52 valence electrons. The Balaban J connectivity index is 3.07. The first-order valence-corrected chi connectivity index (χ1v) is 2.96. The van der Waals surface area contributed by atoms with Gasteiger partial charge >= 0.3 is 6.09 Å². The molecule has 0 amide bonds. The first-order chi connectivity index (χ1) is 4.70. The number of hydrogen-bond acceptors (Lipinski definition) is 2. The summed E-state index contributed by atoms with van der Waals surface area (Å²) in [6, 6.07) is 3.11. The maximum atomic E-state index is 10.1. The minimum Gasteiger partial charge on any atom is -0.490 e. The summed E-state index contributed by atoms with van der Waals surface area (Å²) in [4.78, 5) is 10.1. The Hall–Kier alpha value is -1.09. The average Bonchev–Trinajstić information content (AvgIpc) is 1.88. The fourth-order valence-corrected chi connectivity index (χ4v) is 0.738. The molecule has 0 atom stereocenters. The molecule has 3 nitrogen and oxygen atoms in total. The van der Waals surface area contributed by atoms with Crippen molar-refractivity contribution in [3.05, 3.63) is 29.5 Å². The van der Waals surface area contributed by atoms with Gasteiger partial charge in [0.15, 0.2) is 12.4 Å². The van der Waals surface area contributed by atoms with Crippen molar-refractivity contribution in [2.24, 2.45) is 0 Å². The molecule has 10 heavy (non-hydrogen) atoms. The number of carbonyl (C=O) groups is 1. The minimum absolute atomic E-state index is 0.367. The van der Waals surface area contributed by atoms with Crippen molar-refractivity contribution < 1.29 is 14.5 Å². The van der Waals surface area contributed by atoms with Crippen LogP contribution in [0.5, 0.6) is 0 Å². The highest BCUT2D eigenvalue weighted by Crippen LogP contribution is 2.00. The second-order valence-electron chi connectivity index (χ2n) is 1.70. The molecule has 0 fully saturated rings. The SMILES string of the molecule is O=C([O-])[n+]1cccc(Cl)c1. The molecule has 1 aromatic rings. The highest BCUT2D eigenvalue weighted by Gasteiger charge is 2.00. The van der Waals surface area contributed by atoms with Crippen LogP contribution >= 0.6 is 11.6 Å². The predicted molar refractivity (Wildman–Crippen MR) is 32.4 cm³/mol. The van der Waals surface area contributed by atoms with Crippen LogP contribution < -0.4 is 9.67 Å². The third kappa shape index (κ3) is 1.45. The number of carboxylic acid groups (broad SMARTS) is 1. The Morgan fingerprint density at radius 2 is 2.40 bits per heavy atom. The molecule has 4 heteroatoms. The first-order valence-electron chi connectivity index (χ1n) is 2.58. The molecule has 1 rings (SSSR count). The predicted octanol–water partition coefficient (Wildman–Crippen LogP) is -0.181. The number of pyridine rings is 1. The standard InChI is InChI=1S/C6H4ClNO2/c7-5-2-1-3-8(4-5)6(9)10/h1-4H. The van der Waals surface area contributed by atoms with Crippen LogP contribution in [0.1, 0.15) is 0 Å². The molecule has 0 bridgehead atoms. The van der Waals surface area contributed by atoms with Gasteiger partial charge in [-0.15, -0.1) is 4.57 Å². The largest absolute Gasteiger partial charge is 0.490 e. The number of rotatable bonds is 0. The van der Waals surface area contributed by atoms with Crippen molar-refractivity contribution in [3.63, 3.8) is 0 Å². The van der Waals surface area contributed by atoms with Gasteiger partial charge in [-0.25, -0.2) is 0 Å². The number of aromatic nitrogens is 1. The van der Waals surface area contributed by atoms with E-state index in [-0.39, 0.29) is 0 Å². The fraction of sp³-hybridized carbons (Fsp3) is 0. The zero-order valence-corrected chi connectivity index (χ0v) is 5.71. The zero-order valence-electron chi connectivity index (χ0n) is 4.95. The molecular formula is C6H4ClNO2. The monoisotopic (exact) mass is 157 g/mol. The van der Waals surface area contributed by atoms with Gasteiger partial charge in [0, 0.05) is 6.07 Å². The lowest BCUT2D eigenvalue weighted by Gasteiger charge is -1.92. The van der Waals surface area contributed by atoms with E-state index < -0.39 is 6.09 Å². The van der Waals surface area contributed by atoms with Crippen LogP contribution in [-0.4, -0.2) is 6.09 Å². The van der Waals surface area contributed by atoms with Gasteiger partial charge in [0.05, 0.1) is 0 Å². The lowest BCUT2D eigenvalue weighted by atomic mass is 10.5. The van der Waals surface area contributed by atoms with E-state index in [4.69, 9.17) is 11.6 Å². The van der Waals surface area contributed by atoms with Gasteiger partial charge in [-0.3, -0.25) is 0 Å². The van der Waals surface area contributed by atoms with E-state index >= 15 is 0 Å². The van der Waals surface area contributed by atoms with Crippen molar-refractivity contribution in [2.45, 2.75) is 0 Å². The summed E-state index contributed by atoms with van der Waals surface area (Å²) in [5, 5.41) is 10.5. The summed E-state index contributed by atoms with van der Waals surface area (Å²) in [6.45, 7) is 0. The molecule has 0 saturated heterocycles. The topological polar surface area (TPSA) is 44.0 Å². The van der Waals surface area contributed by atoms with E-state index in [1.54, 1.807) is 6.07 Å². The van der Waals surface area contributed by atoms with E-state index in [1.165, 1.54) is 18.5 Å². The third-order valence-corrected chi connectivity index (χ3v) is 1.20. The zero-order chi connectivity index (χ0) is 7.56. The Morgan fingerprint density at radius 3 is 2.80 bits per heavy atom. The van der Waals surface area contributed by atoms with Gasteiger partial charge in [0.2, 0.25) is 0 Å². The lowest BCUT2D eigenvalue weighted by Crippen LogP contribution is -2.51. The molecule has 0 aliphatic carbocycles. The van der Waals surface area contributed by atoms with Crippen molar-refractivity contribution in [2.75, 3.05) is 0 Å². The summed E-state index contributed by atoms with van der Waals surface area (Å²) in [5.74, 6) is 0. The van der Waals surface area contributed by atoms with Gasteiger partial charge in [0.1, 0.15) is 5.02 Å². The summed E-state index contributed by atoms with van der Waals surface area (Å²) in [7, 11) is 0. The quantitative estimate of drug-likeness (QED) is 0.491. The number of carbonyl (C=O) groups excluding carboxylic acids is 1. The summed E-state index contributed by atoms with van der Waals surface area (Å²) < 4.78 is 0.877. The Morgan fingerprint density at radius 1 is 1.70 bits per heavy atom. The molecule has 0 spiro atoms. The van der Waals surface area contributed by atoms with E-state index in [1.807, 2.05) is 0 Å². The molecule has 1 heterocycles. The molecule has 0 unspecified atom stereocenters. The smallest absolute Gasteiger partial charge is 0.343 e. The van der Waals surface area contributed by atoms with Gasteiger partial charge in [-0.1, -0.05) is 11.6 Å². The summed E-state index contributed by atoms with van der Waals surface area (Å²) in [6.07, 6.45) is 1.32. The van der Waals surface area contributed by atoms with Gasteiger partial charge < -0.3 is 9.90 Å². The van der Waals surface area contributed by atoms with Crippen LogP contribution in [0.4, 0.5) is 4.79 Å². The average molecular weight is 158 g/mol. The molecule has 0 N–H and O–H groups in total. The molecule has 0 radical (unpaired) electrons. The number of nitrogens with zero attached hydrogens (tertiary/aromatic N) is 1. The summed E-state index contributed by atoms with van der Waals surface area (Å²) in [5.41, 5.74) is 0. The van der Waals surface area contributed by atoms with Crippen LogP contribution in [0.3, 0.4) is 0 Å². The lowest BCUT2D eigenvalue weighted by molar-refractivity contribution is -0.630.